The molecule has 1 amide bonds. The Morgan fingerprint density at radius 3 is 2.74 bits per heavy atom. The lowest BCUT2D eigenvalue weighted by Crippen LogP contribution is -2.24. The molecule has 142 valence electrons. The van der Waals surface area contributed by atoms with E-state index >= 15 is 0 Å². The van der Waals surface area contributed by atoms with Crippen molar-refractivity contribution in [3.8, 4) is 11.5 Å². The Labute approximate surface area is 182 Å². The molecule has 0 atom stereocenters. The summed E-state index contributed by atoms with van der Waals surface area (Å²) in [5.74, 6) is 0.138. The van der Waals surface area contributed by atoms with Gasteiger partial charge in [0.25, 0.3) is 5.91 Å². The van der Waals surface area contributed by atoms with E-state index in [0.29, 0.717) is 11.3 Å². The molecule has 0 saturated heterocycles. The number of nitro groups is 1. The van der Waals surface area contributed by atoms with E-state index in [1.807, 2.05) is 12.1 Å². The van der Waals surface area contributed by atoms with Crippen molar-refractivity contribution in [2.75, 3.05) is 13.7 Å². The summed E-state index contributed by atoms with van der Waals surface area (Å²) in [6.07, 6.45) is 1.47. The number of methoxy groups -OCH3 is 1. The smallest absolute Gasteiger partial charge is 0.311 e. The zero-order valence-electron chi connectivity index (χ0n) is 14.4. The molecule has 1 N–H and O–H groups in total. The second kappa shape index (κ2) is 9.82. The topological polar surface area (TPSA) is 103 Å². The van der Waals surface area contributed by atoms with Crippen molar-refractivity contribution in [2.45, 2.75) is 6.92 Å². The minimum absolute atomic E-state index is 0.0264. The molecule has 0 radical (unpaired) electrons. The summed E-state index contributed by atoms with van der Waals surface area (Å²) in [7, 11) is 1.56. The van der Waals surface area contributed by atoms with Gasteiger partial charge in [0.05, 0.1) is 21.8 Å². The van der Waals surface area contributed by atoms with Gasteiger partial charge in [0.1, 0.15) is 5.75 Å². The number of ether oxygens (including phenoxy) is 2. The van der Waals surface area contributed by atoms with Gasteiger partial charge in [-0.3, -0.25) is 14.9 Å². The summed E-state index contributed by atoms with van der Waals surface area (Å²) < 4.78 is 12.5. The number of hydrazone groups is 1. The first kappa shape index (κ1) is 21.3. The van der Waals surface area contributed by atoms with Crippen LogP contribution in [0, 0.1) is 24.2 Å². The van der Waals surface area contributed by atoms with Crippen LogP contribution in [0.1, 0.15) is 11.1 Å². The van der Waals surface area contributed by atoms with Crippen LogP contribution in [0.25, 0.3) is 0 Å². The second-order valence-corrected chi connectivity index (χ2v) is 7.73. The van der Waals surface area contributed by atoms with Gasteiger partial charge in [0, 0.05) is 15.2 Å². The summed E-state index contributed by atoms with van der Waals surface area (Å²) in [5.41, 5.74) is 3.57. The number of carbonyl (C=O) groups is 1. The van der Waals surface area contributed by atoms with E-state index in [0.717, 1.165) is 12.7 Å². The molecule has 0 fully saturated rings. The SMILES string of the molecule is COc1c(I)cc(I)cc1/C=N/NC(=O)COc1ccc(C)cc1[N+](=O)[O-]. The number of amides is 1. The number of nitrogens with one attached hydrogen (secondary N) is 1. The Hall–Kier alpha value is -1.96. The first-order valence-electron chi connectivity index (χ1n) is 7.54. The number of halogens is 2. The molecule has 10 heteroatoms. The van der Waals surface area contributed by atoms with Crippen molar-refractivity contribution in [3.05, 3.63) is 58.7 Å². The Balaban J connectivity index is 2.00. The third kappa shape index (κ3) is 6.02. The predicted molar refractivity (Wildman–Crippen MR) is 117 cm³/mol. The average molecular weight is 595 g/mol. The van der Waals surface area contributed by atoms with Gasteiger partial charge in [0.15, 0.2) is 12.4 Å². The van der Waals surface area contributed by atoms with E-state index in [-0.39, 0.29) is 11.4 Å². The highest BCUT2D eigenvalue weighted by Gasteiger charge is 2.16. The lowest BCUT2D eigenvalue weighted by Gasteiger charge is -2.08. The Morgan fingerprint density at radius 1 is 1.33 bits per heavy atom. The highest BCUT2D eigenvalue weighted by Crippen LogP contribution is 2.28. The second-order valence-electron chi connectivity index (χ2n) is 5.32. The predicted octanol–water partition coefficient (Wildman–Crippen LogP) is 3.65. The molecule has 0 unspecified atom stereocenters. The standard InChI is InChI=1S/C17H15I2N3O5/c1-10-3-4-15(14(5-10)22(24)25)27-9-16(23)21-20-8-11-6-12(18)7-13(19)17(11)26-2/h3-8H,9H2,1-2H3,(H,21,23)/b20-8+. The van der Waals surface area contributed by atoms with Gasteiger partial charge < -0.3 is 9.47 Å². The van der Waals surface area contributed by atoms with E-state index in [1.165, 1.54) is 18.3 Å². The molecule has 0 heterocycles. The molecule has 0 aliphatic heterocycles. The zero-order chi connectivity index (χ0) is 20.0. The van der Waals surface area contributed by atoms with E-state index < -0.39 is 17.4 Å². The highest BCUT2D eigenvalue weighted by atomic mass is 127. The quantitative estimate of drug-likeness (QED) is 0.228. The highest BCUT2D eigenvalue weighted by molar-refractivity contribution is 14.1. The summed E-state index contributed by atoms with van der Waals surface area (Å²) in [6, 6.07) is 8.34. The third-order valence-electron chi connectivity index (χ3n) is 3.30. The van der Waals surface area contributed by atoms with Crippen LogP contribution in [-0.4, -0.2) is 30.8 Å². The molecule has 0 aliphatic rings. The first-order chi connectivity index (χ1) is 12.8. The van der Waals surface area contributed by atoms with Gasteiger partial charge in [-0.1, -0.05) is 6.07 Å². The number of carbonyl (C=O) groups excluding carboxylic acids is 1. The van der Waals surface area contributed by atoms with Crippen molar-refractivity contribution in [1.29, 1.82) is 0 Å². The zero-order valence-corrected chi connectivity index (χ0v) is 18.7. The van der Waals surface area contributed by atoms with Crippen LogP contribution in [0.4, 0.5) is 5.69 Å². The maximum absolute atomic E-state index is 11.9. The van der Waals surface area contributed by atoms with Crippen LogP contribution in [0.5, 0.6) is 11.5 Å². The monoisotopic (exact) mass is 595 g/mol. The maximum Gasteiger partial charge on any atom is 0.311 e. The maximum atomic E-state index is 11.9. The Morgan fingerprint density at radius 2 is 2.07 bits per heavy atom. The van der Waals surface area contributed by atoms with Crippen molar-refractivity contribution >= 4 is 63.0 Å². The summed E-state index contributed by atoms with van der Waals surface area (Å²) in [4.78, 5) is 22.4. The van der Waals surface area contributed by atoms with Gasteiger partial charge in [-0.2, -0.15) is 5.10 Å². The van der Waals surface area contributed by atoms with Crippen LogP contribution in [0.15, 0.2) is 35.4 Å². The molecule has 2 aromatic carbocycles. The fourth-order valence-corrected chi connectivity index (χ4v) is 4.24. The third-order valence-corrected chi connectivity index (χ3v) is 4.73. The number of aryl methyl sites for hydroxylation is 1. The minimum atomic E-state index is -0.552. The van der Waals surface area contributed by atoms with Gasteiger partial charge in [-0.05, 0) is 75.9 Å². The van der Waals surface area contributed by atoms with Crippen LogP contribution in [-0.2, 0) is 4.79 Å². The van der Waals surface area contributed by atoms with E-state index in [2.05, 4.69) is 55.7 Å². The fraction of sp³-hybridized carbons (Fsp3) is 0.176. The Kier molecular flexibility index (Phi) is 7.77. The van der Waals surface area contributed by atoms with E-state index in [1.54, 1.807) is 20.1 Å². The Bertz CT molecular complexity index is 902. The van der Waals surface area contributed by atoms with E-state index in [9.17, 15) is 14.9 Å². The lowest BCUT2D eigenvalue weighted by molar-refractivity contribution is -0.385. The summed E-state index contributed by atoms with van der Waals surface area (Å²) >= 11 is 4.33. The van der Waals surface area contributed by atoms with E-state index in [4.69, 9.17) is 9.47 Å². The van der Waals surface area contributed by atoms with Crippen molar-refractivity contribution < 1.29 is 19.2 Å². The number of rotatable bonds is 7. The van der Waals surface area contributed by atoms with Crippen LogP contribution < -0.4 is 14.9 Å². The number of nitro benzene ring substituents is 1. The van der Waals surface area contributed by atoms with Gasteiger partial charge >= 0.3 is 5.69 Å². The number of hydrogen-bond acceptors (Lipinski definition) is 6. The minimum Gasteiger partial charge on any atom is -0.495 e. The molecule has 0 aliphatic carbocycles. The number of hydrogen-bond donors (Lipinski definition) is 1. The molecule has 0 bridgehead atoms. The van der Waals surface area contributed by atoms with Crippen LogP contribution in [0.2, 0.25) is 0 Å². The summed E-state index contributed by atoms with van der Waals surface area (Å²) in [5, 5.41) is 14.9. The van der Waals surface area contributed by atoms with Gasteiger partial charge in [-0.25, -0.2) is 5.43 Å². The fourth-order valence-electron chi connectivity index (χ4n) is 2.13. The van der Waals surface area contributed by atoms with Gasteiger partial charge in [-0.15, -0.1) is 0 Å². The number of benzene rings is 2. The molecule has 0 saturated carbocycles. The van der Waals surface area contributed by atoms with Crippen LogP contribution >= 0.6 is 45.2 Å². The molecular formula is C17H15I2N3O5. The largest absolute Gasteiger partial charge is 0.495 e. The first-order valence-corrected chi connectivity index (χ1v) is 9.70. The molecule has 0 aromatic heterocycles. The molecule has 2 rings (SSSR count). The van der Waals surface area contributed by atoms with Crippen LogP contribution in [0.3, 0.4) is 0 Å². The molecule has 0 spiro atoms. The molecule has 8 nitrogen and oxygen atoms in total. The van der Waals surface area contributed by atoms with Crippen molar-refractivity contribution in [2.24, 2.45) is 5.10 Å². The van der Waals surface area contributed by atoms with Crippen molar-refractivity contribution in [3.63, 3.8) is 0 Å². The lowest BCUT2D eigenvalue weighted by atomic mass is 10.2. The number of nitrogens with zero attached hydrogens (tertiary/aromatic N) is 2. The van der Waals surface area contributed by atoms with Gasteiger partial charge in [0.2, 0.25) is 0 Å². The van der Waals surface area contributed by atoms with Crippen molar-refractivity contribution in [1.82, 2.24) is 5.43 Å². The molecule has 27 heavy (non-hydrogen) atoms. The summed E-state index contributed by atoms with van der Waals surface area (Å²) in [6.45, 7) is 1.33. The molecule has 2 aromatic rings. The normalized spacial score (nSPS) is 10.7. The average Bonchev–Trinajstić information content (AvgIpc) is 2.60. The molecular weight excluding hydrogens is 580 g/mol.